The van der Waals surface area contributed by atoms with Crippen LogP contribution in [-0.4, -0.2) is 58.8 Å². The summed E-state index contributed by atoms with van der Waals surface area (Å²) >= 11 is 0. The molecule has 1 aliphatic heterocycles. The van der Waals surface area contributed by atoms with Crippen molar-refractivity contribution in [2.45, 2.75) is 31.1 Å². The van der Waals surface area contributed by atoms with Gasteiger partial charge in [0.1, 0.15) is 11.2 Å². The molecule has 1 heterocycles. The first-order valence-electron chi connectivity index (χ1n) is 15.0. The monoisotopic (exact) mass is 578 g/mol. The number of carbonyl (C=O) groups is 1. The number of para-hydroxylation sites is 2. The van der Waals surface area contributed by atoms with Gasteiger partial charge in [-0.2, -0.15) is 0 Å². The molecule has 0 saturated carbocycles. The van der Waals surface area contributed by atoms with Gasteiger partial charge >= 0.3 is 0 Å². The fourth-order valence-corrected chi connectivity index (χ4v) is 6.15. The molecule has 4 aromatic rings. The van der Waals surface area contributed by atoms with E-state index in [1.54, 1.807) is 19.1 Å². The lowest BCUT2D eigenvalue weighted by molar-refractivity contribution is -0.121. The molecule has 1 aliphatic rings. The molecule has 43 heavy (non-hydrogen) atoms. The summed E-state index contributed by atoms with van der Waals surface area (Å²) in [5.74, 6) is 2.36. The van der Waals surface area contributed by atoms with Gasteiger partial charge in [0.25, 0.3) is 0 Å². The average Bonchev–Trinajstić information content (AvgIpc) is 3.26. The maximum absolute atomic E-state index is 14.2. The fraction of sp³-hybridized carbons (Fsp3) is 0.324. The van der Waals surface area contributed by atoms with Gasteiger partial charge in [-0.15, -0.1) is 0 Å². The Labute approximate surface area is 255 Å². The molecule has 4 aromatic carbocycles. The van der Waals surface area contributed by atoms with Gasteiger partial charge in [0, 0.05) is 24.8 Å². The molecular weight excluding hydrogens is 536 g/mol. The Hall–Kier alpha value is -4.29. The van der Waals surface area contributed by atoms with E-state index in [0.717, 1.165) is 72.0 Å². The number of hydrogen-bond donors (Lipinski definition) is 0. The maximum Gasteiger partial charge on any atom is 0.242 e. The van der Waals surface area contributed by atoms with E-state index in [1.807, 2.05) is 73.8 Å². The highest BCUT2D eigenvalue weighted by Crippen LogP contribution is 2.50. The number of hydrogen-bond acceptors (Lipinski definition) is 5. The first kappa shape index (κ1) is 30.2. The zero-order chi connectivity index (χ0) is 30.2. The number of methoxy groups -OCH3 is 2. The highest BCUT2D eigenvalue weighted by atomic mass is 16.5. The van der Waals surface area contributed by atoms with Crippen LogP contribution in [0, 0.1) is 0 Å². The molecule has 0 radical (unpaired) electrons. The number of amides is 1. The third-order valence-corrected chi connectivity index (χ3v) is 8.48. The molecular formula is C37H42N2O4. The van der Waals surface area contributed by atoms with Gasteiger partial charge < -0.3 is 24.0 Å². The van der Waals surface area contributed by atoms with Gasteiger partial charge in [0.05, 0.1) is 20.8 Å². The largest absolute Gasteiger partial charge is 0.493 e. The average molecular weight is 579 g/mol. The fourth-order valence-electron chi connectivity index (χ4n) is 6.15. The van der Waals surface area contributed by atoms with E-state index in [4.69, 9.17) is 14.2 Å². The van der Waals surface area contributed by atoms with Gasteiger partial charge in [-0.3, -0.25) is 4.79 Å². The second-order valence-corrected chi connectivity index (χ2v) is 11.2. The molecule has 6 heteroatoms. The molecule has 0 aromatic heterocycles. The van der Waals surface area contributed by atoms with Crippen LogP contribution in [0.5, 0.6) is 17.2 Å². The smallest absolute Gasteiger partial charge is 0.242 e. The summed E-state index contributed by atoms with van der Waals surface area (Å²) in [6.45, 7) is 2.52. The minimum absolute atomic E-state index is 0.0738. The van der Waals surface area contributed by atoms with Crippen molar-refractivity contribution in [1.29, 1.82) is 0 Å². The van der Waals surface area contributed by atoms with Crippen LogP contribution >= 0.6 is 0 Å². The SMILES string of the molecule is COc1ccc(CCN(C)CCCCOc2ccccc2C2(Cc3ccccc3)C(=O)N(C)c3ccccc32)cc1OC. The highest BCUT2D eigenvalue weighted by Gasteiger charge is 2.52. The standard InChI is InChI=1S/C37H42N2O4/c1-38(24-22-28-20-21-34(41-3)35(26-28)42-4)23-12-13-25-43-33-19-11-9-17-31(33)37(27-29-14-6-5-7-15-29)30-16-8-10-18-32(30)39(2)36(37)40/h5-11,14-21,26H,12-13,22-25,27H2,1-4H3. The molecule has 1 unspecified atom stereocenters. The third-order valence-electron chi connectivity index (χ3n) is 8.48. The van der Waals surface area contributed by atoms with E-state index in [9.17, 15) is 4.79 Å². The van der Waals surface area contributed by atoms with Crippen LogP contribution < -0.4 is 19.1 Å². The summed E-state index contributed by atoms with van der Waals surface area (Å²) in [5, 5.41) is 0. The number of carbonyl (C=O) groups excluding carboxylic acids is 1. The van der Waals surface area contributed by atoms with Gasteiger partial charge in [-0.25, -0.2) is 0 Å². The maximum atomic E-state index is 14.2. The van der Waals surface area contributed by atoms with Crippen LogP contribution in [0.3, 0.4) is 0 Å². The highest BCUT2D eigenvalue weighted by molar-refractivity contribution is 6.10. The number of fused-ring (bicyclic) bond motifs is 1. The lowest BCUT2D eigenvalue weighted by Crippen LogP contribution is -2.41. The van der Waals surface area contributed by atoms with E-state index < -0.39 is 5.41 Å². The first-order chi connectivity index (χ1) is 21.0. The van der Waals surface area contributed by atoms with Crippen molar-refractivity contribution < 1.29 is 19.0 Å². The van der Waals surface area contributed by atoms with E-state index in [0.29, 0.717) is 13.0 Å². The van der Waals surface area contributed by atoms with Crippen molar-refractivity contribution >= 4 is 11.6 Å². The number of benzene rings is 4. The van der Waals surface area contributed by atoms with Crippen LogP contribution in [0.15, 0.2) is 97.1 Å². The number of ether oxygens (including phenoxy) is 3. The summed E-state index contributed by atoms with van der Waals surface area (Å²) < 4.78 is 17.3. The Balaban J connectivity index is 1.24. The van der Waals surface area contributed by atoms with Crippen molar-refractivity contribution in [2.75, 3.05) is 52.9 Å². The molecule has 0 saturated heterocycles. The predicted octanol–water partition coefficient (Wildman–Crippen LogP) is 6.54. The second-order valence-electron chi connectivity index (χ2n) is 11.2. The molecule has 5 rings (SSSR count). The Bertz CT molecular complexity index is 1520. The quantitative estimate of drug-likeness (QED) is 0.159. The number of rotatable bonds is 14. The zero-order valence-corrected chi connectivity index (χ0v) is 25.7. The summed E-state index contributed by atoms with van der Waals surface area (Å²) in [5.41, 5.74) is 4.39. The molecule has 1 amide bonds. The lowest BCUT2D eigenvalue weighted by Gasteiger charge is -2.31. The van der Waals surface area contributed by atoms with Crippen molar-refractivity contribution in [3.63, 3.8) is 0 Å². The summed E-state index contributed by atoms with van der Waals surface area (Å²) in [7, 11) is 7.35. The van der Waals surface area contributed by atoms with Gasteiger partial charge in [0.15, 0.2) is 11.5 Å². The number of likely N-dealkylation sites (N-methyl/N-ethyl adjacent to an activating group) is 2. The van der Waals surface area contributed by atoms with Crippen molar-refractivity contribution in [1.82, 2.24) is 4.90 Å². The Morgan fingerprint density at radius 3 is 2.19 bits per heavy atom. The molecule has 0 aliphatic carbocycles. The molecule has 0 spiro atoms. The van der Waals surface area contributed by atoms with Crippen LogP contribution in [-0.2, 0) is 23.1 Å². The van der Waals surface area contributed by atoms with E-state index in [-0.39, 0.29) is 5.91 Å². The Kier molecular flexibility index (Phi) is 9.68. The molecule has 0 N–H and O–H groups in total. The van der Waals surface area contributed by atoms with E-state index >= 15 is 0 Å². The predicted molar refractivity (Wildman–Crippen MR) is 173 cm³/mol. The third kappa shape index (κ3) is 6.40. The molecule has 224 valence electrons. The number of anilines is 1. The van der Waals surface area contributed by atoms with Crippen LogP contribution in [0.25, 0.3) is 0 Å². The van der Waals surface area contributed by atoms with E-state index in [1.165, 1.54) is 5.56 Å². The van der Waals surface area contributed by atoms with Crippen molar-refractivity contribution in [3.8, 4) is 17.2 Å². The van der Waals surface area contributed by atoms with Crippen molar-refractivity contribution in [3.05, 3.63) is 119 Å². The minimum atomic E-state index is -0.854. The van der Waals surface area contributed by atoms with Crippen molar-refractivity contribution in [2.24, 2.45) is 0 Å². The van der Waals surface area contributed by atoms with Gasteiger partial charge in [-0.1, -0.05) is 72.8 Å². The number of unbranched alkanes of at least 4 members (excludes halogenated alkanes) is 1. The van der Waals surface area contributed by atoms with E-state index in [2.05, 4.69) is 42.3 Å². The van der Waals surface area contributed by atoms with Crippen LogP contribution in [0.2, 0.25) is 0 Å². The lowest BCUT2D eigenvalue weighted by atomic mass is 9.71. The topological polar surface area (TPSA) is 51.2 Å². The second kappa shape index (κ2) is 13.8. The zero-order valence-electron chi connectivity index (χ0n) is 25.7. The normalized spacial score (nSPS) is 15.9. The summed E-state index contributed by atoms with van der Waals surface area (Å²) in [4.78, 5) is 18.3. The molecule has 1 atom stereocenters. The van der Waals surface area contributed by atoms with Crippen LogP contribution in [0.1, 0.15) is 35.1 Å². The van der Waals surface area contributed by atoms with Gasteiger partial charge in [-0.05, 0) is 80.2 Å². The Morgan fingerprint density at radius 1 is 0.721 bits per heavy atom. The van der Waals surface area contributed by atoms with Crippen LogP contribution in [0.4, 0.5) is 5.69 Å². The molecule has 6 nitrogen and oxygen atoms in total. The summed E-state index contributed by atoms with van der Waals surface area (Å²) in [6.07, 6.45) is 3.45. The molecule has 0 bridgehead atoms. The summed E-state index contributed by atoms with van der Waals surface area (Å²) in [6, 6.07) is 32.6. The first-order valence-corrected chi connectivity index (χ1v) is 15.0. The van der Waals surface area contributed by atoms with Gasteiger partial charge in [0.2, 0.25) is 5.91 Å². The minimum Gasteiger partial charge on any atom is -0.493 e. The Morgan fingerprint density at radius 2 is 1.42 bits per heavy atom. The number of nitrogens with zero attached hydrogens (tertiary/aromatic N) is 2. The molecule has 0 fully saturated rings.